The number of amides is 1. The zero-order chi connectivity index (χ0) is 14.3. The highest BCUT2D eigenvalue weighted by Crippen LogP contribution is 2.24. The van der Waals surface area contributed by atoms with E-state index in [2.05, 4.69) is 5.32 Å². The van der Waals surface area contributed by atoms with Crippen molar-refractivity contribution in [2.45, 2.75) is 31.6 Å². The third-order valence-electron chi connectivity index (χ3n) is 2.32. The molecule has 0 radical (unpaired) electrons. The molecular weight excluding hydrogens is 306 g/mol. The van der Waals surface area contributed by atoms with E-state index >= 15 is 0 Å². The maximum absolute atomic E-state index is 11.6. The molecule has 0 fully saturated rings. The van der Waals surface area contributed by atoms with Gasteiger partial charge in [0, 0.05) is 10.6 Å². The molecule has 1 rings (SSSR count). The average Bonchev–Trinajstić information content (AvgIpc) is 2.74. The molecule has 2 N–H and O–H groups in total. The number of hydrogen-bond donors (Lipinski definition) is 2. The summed E-state index contributed by atoms with van der Waals surface area (Å²) in [6, 6.07) is 2.97. The van der Waals surface area contributed by atoms with E-state index in [9.17, 15) is 9.59 Å². The fraction of sp³-hybridized carbons (Fsp3) is 0.500. The monoisotopic (exact) mass is 321 g/mol. The van der Waals surface area contributed by atoms with Crippen LogP contribution in [0.2, 0.25) is 4.34 Å². The van der Waals surface area contributed by atoms with E-state index in [1.54, 1.807) is 0 Å². The molecule has 0 saturated carbocycles. The van der Waals surface area contributed by atoms with Crippen LogP contribution in [0.3, 0.4) is 0 Å². The van der Waals surface area contributed by atoms with Gasteiger partial charge in [0.15, 0.2) is 0 Å². The highest BCUT2D eigenvalue weighted by molar-refractivity contribution is 7.99. The Balaban J connectivity index is 2.28. The Labute approximate surface area is 125 Å². The number of rotatable bonds is 8. The SMILES string of the molecule is CCC[C@@H](NC(=O)CSCc1ccc(Cl)s1)C(=O)O. The number of carboxylic acid groups (broad SMARTS) is 1. The minimum absolute atomic E-state index is 0.242. The van der Waals surface area contributed by atoms with Crippen molar-refractivity contribution in [2.24, 2.45) is 0 Å². The highest BCUT2D eigenvalue weighted by atomic mass is 35.5. The second-order valence-electron chi connectivity index (χ2n) is 3.95. The van der Waals surface area contributed by atoms with Crippen LogP contribution in [0.25, 0.3) is 0 Å². The Morgan fingerprint density at radius 3 is 2.79 bits per heavy atom. The van der Waals surface area contributed by atoms with Gasteiger partial charge in [-0.2, -0.15) is 0 Å². The lowest BCUT2D eigenvalue weighted by atomic mass is 10.2. The summed E-state index contributed by atoms with van der Waals surface area (Å²) in [7, 11) is 0. The van der Waals surface area contributed by atoms with Crippen LogP contribution in [0.5, 0.6) is 0 Å². The van der Waals surface area contributed by atoms with Gasteiger partial charge in [0.2, 0.25) is 5.91 Å². The number of halogens is 1. The third kappa shape index (κ3) is 6.31. The molecule has 1 amide bonds. The molecule has 106 valence electrons. The van der Waals surface area contributed by atoms with E-state index in [-0.39, 0.29) is 11.7 Å². The van der Waals surface area contributed by atoms with E-state index in [1.807, 2.05) is 19.1 Å². The normalized spacial score (nSPS) is 12.1. The highest BCUT2D eigenvalue weighted by Gasteiger charge is 2.18. The van der Waals surface area contributed by atoms with Gasteiger partial charge in [0.25, 0.3) is 0 Å². The van der Waals surface area contributed by atoms with E-state index in [4.69, 9.17) is 16.7 Å². The third-order valence-corrected chi connectivity index (χ3v) is 4.71. The average molecular weight is 322 g/mol. The quantitative estimate of drug-likeness (QED) is 0.772. The maximum atomic E-state index is 11.6. The van der Waals surface area contributed by atoms with Crippen LogP contribution in [0.1, 0.15) is 24.6 Å². The number of hydrogen-bond acceptors (Lipinski definition) is 4. The summed E-state index contributed by atoms with van der Waals surface area (Å²) in [5.41, 5.74) is 0. The summed E-state index contributed by atoms with van der Waals surface area (Å²) in [6.07, 6.45) is 1.17. The molecule has 0 aliphatic rings. The van der Waals surface area contributed by atoms with Crippen molar-refractivity contribution in [3.05, 3.63) is 21.3 Å². The first-order valence-electron chi connectivity index (χ1n) is 5.87. The van der Waals surface area contributed by atoms with Crippen LogP contribution in [0.4, 0.5) is 0 Å². The lowest BCUT2D eigenvalue weighted by Gasteiger charge is -2.13. The van der Waals surface area contributed by atoms with Crippen LogP contribution in [0.15, 0.2) is 12.1 Å². The van der Waals surface area contributed by atoms with Crippen LogP contribution in [0, 0.1) is 0 Å². The second-order valence-corrected chi connectivity index (χ2v) is 6.73. The second kappa shape index (κ2) is 8.45. The molecule has 0 saturated heterocycles. The number of thiophene rings is 1. The van der Waals surface area contributed by atoms with Gasteiger partial charge < -0.3 is 10.4 Å². The minimum atomic E-state index is -0.981. The van der Waals surface area contributed by atoms with Crippen molar-refractivity contribution in [1.29, 1.82) is 0 Å². The van der Waals surface area contributed by atoms with Crippen molar-refractivity contribution in [3.63, 3.8) is 0 Å². The lowest BCUT2D eigenvalue weighted by molar-refractivity contribution is -0.141. The number of aliphatic carboxylic acids is 1. The van der Waals surface area contributed by atoms with Crippen molar-refractivity contribution in [1.82, 2.24) is 5.32 Å². The molecule has 1 heterocycles. The van der Waals surface area contributed by atoms with Crippen LogP contribution in [-0.4, -0.2) is 28.8 Å². The Morgan fingerprint density at radius 2 is 2.26 bits per heavy atom. The summed E-state index contributed by atoms with van der Waals surface area (Å²) in [4.78, 5) is 23.6. The number of carbonyl (C=O) groups excluding carboxylic acids is 1. The molecule has 1 atom stereocenters. The topological polar surface area (TPSA) is 66.4 Å². The number of carbonyl (C=O) groups is 2. The molecule has 0 bridgehead atoms. The summed E-state index contributed by atoms with van der Waals surface area (Å²) in [5.74, 6) is -0.266. The van der Waals surface area contributed by atoms with Gasteiger partial charge in [-0.25, -0.2) is 4.79 Å². The number of thioether (sulfide) groups is 1. The van der Waals surface area contributed by atoms with Gasteiger partial charge in [0.05, 0.1) is 10.1 Å². The lowest BCUT2D eigenvalue weighted by Crippen LogP contribution is -2.41. The molecule has 0 spiro atoms. The maximum Gasteiger partial charge on any atom is 0.326 e. The van der Waals surface area contributed by atoms with Gasteiger partial charge >= 0.3 is 5.97 Å². The molecule has 19 heavy (non-hydrogen) atoms. The van der Waals surface area contributed by atoms with E-state index in [0.29, 0.717) is 12.2 Å². The first-order chi connectivity index (χ1) is 9.02. The van der Waals surface area contributed by atoms with E-state index in [1.165, 1.54) is 23.1 Å². The standard InChI is InChI=1S/C12H16ClNO3S2/c1-2-3-9(12(16)17)14-11(15)7-18-6-8-4-5-10(13)19-8/h4-5,9H,2-3,6-7H2,1H3,(H,14,15)(H,16,17)/t9-/m1/s1. The van der Waals surface area contributed by atoms with Crippen LogP contribution in [-0.2, 0) is 15.3 Å². The zero-order valence-corrected chi connectivity index (χ0v) is 12.9. The van der Waals surface area contributed by atoms with Crippen LogP contribution >= 0.6 is 34.7 Å². The Hall–Kier alpha value is -0.720. The molecule has 0 aliphatic carbocycles. The first-order valence-corrected chi connectivity index (χ1v) is 8.22. The summed E-state index contributed by atoms with van der Waals surface area (Å²) in [6.45, 7) is 1.89. The van der Waals surface area contributed by atoms with Gasteiger partial charge in [-0.15, -0.1) is 23.1 Å². The van der Waals surface area contributed by atoms with E-state index < -0.39 is 12.0 Å². The van der Waals surface area contributed by atoms with Gasteiger partial charge in [0.1, 0.15) is 6.04 Å². The molecule has 0 aromatic carbocycles. The fourth-order valence-corrected chi connectivity index (χ4v) is 3.49. The summed E-state index contributed by atoms with van der Waals surface area (Å²) in [5, 5.41) is 11.5. The van der Waals surface area contributed by atoms with Gasteiger partial charge in [-0.1, -0.05) is 24.9 Å². The molecule has 1 aromatic rings. The Kier molecular flexibility index (Phi) is 7.27. The Bertz CT molecular complexity index is 436. The Morgan fingerprint density at radius 1 is 1.53 bits per heavy atom. The minimum Gasteiger partial charge on any atom is -0.480 e. The fourth-order valence-electron chi connectivity index (χ4n) is 1.46. The van der Waals surface area contributed by atoms with Crippen molar-refractivity contribution in [3.8, 4) is 0 Å². The molecular formula is C12H16ClNO3S2. The predicted octanol–water partition coefficient (Wildman–Crippen LogP) is 3.00. The van der Waals surface area contributed by atoms with Gasteiger partial charge in [-0.05, 0) is 18.6 Å². The van der Waals surface area contributed by atoms with Crippen molar-refractivity contribution in [2.75, 3.05) is 5.75 Å². The van der Waals surface area contributed by atoms with Crippen molar-refractivity contribution >= 4 is 46.6 Å². The van der Waals surface area contributed by atoms with Crippen LogP contribution < -0.4 is 5.32 Å². The van der Waals surface area contributed by atoms with Gasteiger partial charge in [-0.3, -0.25) is 4.79 Å². The molecule has 0 unspecified atom stereocenters. The summed E-state index contributed by atoms with van der Waals surface area (Å²) < 4.78 is 0.730. The smallest absolute Gasteiger partial charge is 0.326 e. The number of nitrogens with one attached hydrogen (secondary N) is 1. The molecule has 0 aliphatic heterocycles. The first kappa shape index (κ1) is 16.3. The van der Waals surface area contributed by atoms with Crippen molar-refractivity contribution < 1.29 is 14.7 Å². The molecule has 4 nitrogen and oxygen atoms in total. The summed E-state index contributed by atoms with van der Waals surface area (Å²) >= 11 is 8.74. The van der Waals surface area contributed by atoms with E-state index in [0.717, 1.165) is 15.6 Å². The molecule has 7 heteroatoms. The largest absolute Gasteiger partial charge is 0.480 e. The zero-order valence-electron chi connectivity index (χ0n) is 10.5. The number of carboxylic acids is 1. The molecule has 1 aromatic heterocycles. The predicted molar refractivity (Wildman–Crippen MR) is 80.0 cm³/mol.